The highest BCUT2D eigenvalue weighted by Gasteiger charge is 2.49. The molecule has 1 aliphatic heterocycles. The third kappa shape index (κ3) is 5.23. The summed E-state index contributed by atoms with van der Waals surface area (Å²) in [5.41, 5.74) is 3.84. The molecule has 0 radical (unpaired) electrons. The van der Waals surface area contributed by atoms with Crippen molar-refractivity contribution in [2.75, 3.05) is 5.48 Å². The zero-order chi connectivity index (χ0) is 29.9. The molecule has 9 heteroatoms. The van der Waals surface area contributed by atoms with E-state index in [1.807, 2.05) is 117 Å². The third-order valence-corrected chi connectivity index (χ3v) is 7.58. The van der Waals surface area contributed by atoms with E-state index >= 15 is 0 Å². The van der Waals surface area contributed by atoms with Crippen molar-refractivity contribution < 1.29 is 24.9 Å². The molecule has 9 nitrogen and oxygen atoms in total. The second-order valence-corrected chi connectivity index (χ2v) is 10.4. The number of benzene rings is 3. The van der Waals surface area contributed by atoms with Crippen molar-refractivity contribution in [2.45, 2.75) is 57.3 Å². The van der Waals surface area contributed by atoms with Crippen molar-refractivity contribution in [3.8, 4) is 0 Å². The van der Waals surface area contributed by atoms with Crippen LogP contribution in [0.25, 0.3) is 0 Å². The summed E-state index contributed by atoms with van der Waals surface area (Å²) < 4.78 is 14.5. The summed E-state index contributed by atoms with van der Waals surface area (Å²) in [4.78, 5) is 16.8. The Morgan fingerprint density at radius 2 is 1.40 bits per heavy atom. The highest BCUT2D eigenvalue weighted by atomic mass is 16.6. The van der Waals surface area contributed by atoms with E-state index in [9.17, 15) is 20.2 Å². The Morgan fingerprint density at radius 1 is 0.905 bits per heavy atom. The van der Waals surface area contributed by atoms with Crippen molar-refractivity contribution in [1.82, 2.24) is 9.55 Å². The van der Waals surface area contributed by atoms with Crippen LogP contribution in [0.5, 0.6) is 0 Å². The molecule has 0 bridgehead atoms. The van der Waals surface area contributed by atoms with Crippen molar-refractivity contribution >= 4 is 5.82 Å². The van der Waals surface area contributed by atoms with Gasteiger partial charge in [-0.25, -0.2) is 4.79 Å². The van der Waals surface area contributed by atoms with Gasteiger partial charge in [0.15, 0.2) is 17.6 Å². The van der Waals surface area contributed by atoms with Gasteiger partial charge < -0.3 is 19.7 Å². The molecule has 0 aliphatic carbocycles. The predicted molar refractivity (Wildman–Crippen MR) is 158 cm³/mol. The van der Waals surface area contributed by atoms with Crippen LogP contribution in [0.15, 0.2) is 113 Å². The summed E-state index contributed by atoms with van der Waals surface area (Å²) in [6.45, 7) is 5.53. The Labute approximate surface area is 244 Å². The van der Waals surface area contributed by atoms with Gasteiger partial charge in [0.05, 0.1) is 0 Å². The van der Waals surface area contributed by atoms with E-state index < -0.39 is 35.8 Å². The van der Waals surface area contributed by atoms with Gasteiger partial charge in [0.25, 0.3) is 0 Å². The number of allylic oxidation sites excluding steroid dienone is 1. The van der Waals surface area contributed by atoms with Gasteiger partial charge in [0.1, 0.15) is 24.1 Å². The van der Waals surface area contributed by atoms with E-state index in [1.165, 1.54) is 6.20 Å². The van der Waals surface area contributed by atoms with E-state index in [4.69, 9.17) is 9.47 Å². The standard InChI is InChI=1S/C33H35N3O6/c1-4-22-20-36(32(39)34-30(22)35-40)31-27(38)26(37)29(41-31)28(21(2)3)42-33(23-14-8-5-9-15-23,24-16-10-6-11-17-24)25-18-12-7-13-19-25/h5-20,26-27,29,31,37-38,40H,4H2,1-3H3,(H,34,35,39)/t26-,27+,29-,31+/m0/s1. The molecule has 0 saturated carbocycles. The largest absolute Gasteiger partial charge is 0.475 e. The van der Waals surface area contributed by atoms with Crippen molar-refractivity contribution in [1.29, 1.82) is 0 Å². The number of aryl methyl sites for hydroxylation is 1. The van der Waals surface area contributed by atoms with Crippen LogP contribution in [0, 0.1) is 0 Å². The van der Waals surface area contributed by atoms with E-state index in [-0.39, 0.29) is 5.82 Å². The highest BCUT2D eigenvalue weighted by molar-refractivity contribution is 5.48. The van der Waals surface area contributed by atoms with E-state index in [0.29, 0.717) is 17.7 Å². The molecule has 4 atom stereocenters. The lowest BCUT2D eigenvalue weighted by Crippen LogP contribution is -2.39. The summed E-state index contributed by atoms with van der Waals surface area (Å²) in [7, 11) is 0. The van der Waals surface area contributed by atoms with Gasteiger partial charge >= 0.3 is 5.69 Å². The second-order valence-electron chi connectivity index (χ2n) is 10.4. The molecule has 4 aromatic rings. The van der Waals surface area contributed by atoms with Crippen LogP contribution in [0.4, 0.5) is 5.82 Å². The summed E-state index contributed by atoms with van der Waals surface area (Å²) in [5.74, 6) is 0.348. The summed E-state index contributed by atoms with van der Waals surface area (Å²) in [6, 6.07) is 29.4. The molecular weight excluding hydrogens is 534 g/mol. The average molecular weight is 570 g/mol. The first-order valence-electron chi connectivity index (χ1n) is 13.9. The molecule has 3 aromatic carbocycles. The summed E-state index contributed by atoms with van der Waals surface area (Å²) >= 11 is 0. The number of nitrogens with one attached hydrogen (secondary N) is 1. The fourth-order valence-corrected chi connectivity index (χ4v) is 5.46. The lowest BCUT2D eigenvalue weighted by Gasteiger charge is -2.39. The van der Waals surface area contributed by atoms with Crippen LogP contribution in [-0.4, -0.2) is 43.3 Å². The zero-order valence-corrected chi connectivity index (χ0v) is 23.7. The number of hydrogen-bond donors (Lipinski definition) is 4. The zero-order valence-electron chi connectivity index (χ0n) is 23.7. The fraction of sp³-hybridized carbons (Fsp3) is 0.273. The molecular formula is C33H35N3O6. The topological polar surface area (TPSA) is 126 Å². The minimum Gasteiger partial charge on any atom is -0.475 e. The van der Waals surface area contributed by atoms with Crippen LogP contribution in [0.1, 0.15) is 49.3 Å². The van der Waals surface area contributed by atoms with Gasteiger partial charge in [-0.3, -0.25) is 15.3 Å². The quantitative estimate of drug-likeness (QED) is 0.132. The first-order chi connectivity index (χ1) is 20.3. The highest BCUT2D eigenvalue weighted by Crippen LogP contribution is 2.45. The van der Waals surface area contributed by atoms with Gasteiger partial charge in [0, 0.05) is 28.5 Å². The molecule has 4 N–H and O–H groups in total. The summed E-state index contributed by atoms with van der Waals surface area (Å²) in [5, 5.41) is 31.9. The van der Waals surface area contributed by atoms with Gasteiger partial charge in [-0.15, -0.1) is 0 Å². The number of anilines is 1. The van der Waals surface area contributed by atoms with Crippen LogP contribution in [0.3, 0.4) is 0 Å². The van der Waals surface area contributed by atoms with Crippen molar-refractivity contribution in [2.24, 2.45) is 0 Å². The maximum atomic E-state index is 12.9. The number of aliphatic hydroxyl groups excluding tert-OH is 2. The normalized spacial score (nSPS) is 20.2. The molecule has 1 aliphatic rings. The Hall–Kier alpha value is -4.28. The molecule has 2 heterocycles. The second kappa shape index (κ2) is 12.3. The first kappa shape index (κ1) is 29.2. The SMILES string of the molecule is CCc1cn([C@@H]2O[C@H](C(OC(c3ccccc3)(c3ccccc3)c3ccccc3)=C(C)C)[C@@H](O)[C@H]2O)c(=O)nc1NO. The number of rotatable bonds is 9. The van der Waals surface area contributed by atoms with Gasteiger partial charge in [0.2, 0.25) is 0 Å². The maximum Gasteiger partial charge on any atom is 0.351 e. The van der Waals surface area contributed by atoms with Gasteiger partial charge in [-0.05, 0) is 25.8 Å². The Morgan fingerprint density at radius 3 is 1.83 bits per heavy atom. The number of aromatic nitrogens is 2. The smallest absolute Gasteiger partial charge is 0.351 e. The van der Waals surface area contributed by atoms with E-state index in [1.54, 1.807) is 0 Å². The minimum atomic E-state index is -1.47. The molecule has 0 unspecified atom stereocenters. The van der Waals surface area contributed by atoms with Crippen molar-refractivity contribution in [3.63, 3.8) is 0 Å². The molecule has 5 rings (SSSR count). The number of ether oxygens (including phenoxy) is 2. The lowest BCUT2D eigenvalue weighted by molar-refractivity contribution is -0.0596. The molecule has 0 spiro atoms. The minimum absolute atomic E-state index is 0.0232. The van der Waals surface area contributed by atoms with Crippen LogP contribution < -0.4 is 11.2 Å². The number of hydrogen-bond acceptors (Lipinski definition) is 8. The van der Waals surface area contributed by atoms with E-state index in [0.717, 1.165) is 26.8 Å². The van der Waals surface area contributed by atoms with Crippen LogP contribution in [-0.2, 0) is 21.5 Å². The number of nitrogens with zero attached hydrogens (tertiary/aromatic N) is 2. The van der Waals surface area contributed by atoms with Gasteiger partial charge in [-0.1, -0.05) is 97.9 Å². The Kier molecular flexibility index (Phi) is 8.56. The summed E-state index contributed by atoms with van der Waals surface area (Å²) in [6.07, 6.45) is -3.35. The Balaban J connectivity index is 1.63. The van der Waals surface area contributed by atoms with Crippen LogP contribution >= 0.6 is 0 Å². The first-order valence-corrected chi connectivity index (χ1v) is 13.9. The van der Waals surface area contributed by atoms with Crippen molar-refractivity contribution in [3.05, 3.63) is 141 Å². The lowest BCUT2D eigenvalue weighted by atomic mass is 9.80. The Bertz CT molecular complexity index is 1490. The molecule has 1 fully saturated rings. The molecule has 218 valence electrons. The molecule has 1 aromatic heterocycles. The molecule has 42 heavy (non-hydrogen) atoms. The molecule has 1 saturated heterocycles. The van der Waals surface area contributed by atoms with Crippen LogP contribution in [0.2, 0.25) is 0 Å². The monoisotopic (exact) mass is 569 g/mol. The van der Waals surface area contributed by atoms with Gasteiger partial charge in [-0.2, -0.15) is 4.98 Å². The fourth-order valence-electron chi connectivity index (χ4n) is 5.46. The maximum absolute atomic E-state index is 12.9. The average Bonchev–Trinajstić information content (AvgIpc) is 3.31. The van der Waals surface area contributed by atoms with E-state index in [2.05, 4.69) is 4.98 Å². The molecule has 0 amide bonds. The predicted octanol–water partition coefficient (Wildman–Crippen LogP) is 4.53. The number of aliphatic hydroxyl groups is 2. The third-order valence-electron chi connectivity index (χ3n) is 7.58.